The van der Waals surface area contributed by atoms with Crippen molar-refractivity contribution in [3.05, 3.63) is 30.1 Å². The van der Waals surface area contributed by atoms with Crippen molar-refractivity contribution in [1.82, 2.24) is 10.3 Å². The summed E-state index contributed by atoms with van der Waals surface area (Å²) in [6.07, 6.45) is 4.50. The first-order valence-corrected chi connectivity index (χ1v) is 5.46. The van der Waals surface area contributed by atoms with E-state index >= 15 is 0 Å². The van der Waals surface area contributed by atoms with Gasteiger partial charge in [-0.15, -0.1) is 0 Å². The van der Waals surface area contributed by atoms with Gasteiger partial charge in [-0.1, -0.05) is 6.07 Å². The van der Waals surface area contributed by atoms with E-state index in [1.165, 1.54) is 0 Å². The Morgan fingerprint density at radius 3 is 2.82 bits per heavy atom. The summed E-state index contributed by atoms with van der Waals surface area (Å²) in [6, 6.07) is 5.34. The molecule has 0 aliphatic carbocycles. The first-order chi connectivity index (χ1) is 8.18. The van der Waals surface area contributed by atoms with E-state index in [1.54, 1.807) is 6.20 Å². The van der Waals surface area contributed by atoms with Gasteiger partial charge in [0.1, 0.15) is 0 Å². The Kier molecular flexibility index (Phi) is 5.50. The fourth-order valence-corrected chi connectivity index (χ4v) is 1.33. The Balaban J connectivity index is 2.09. The number of aliphatic imine (C=N–C) groups is 1. The molecule has 0 radical (unpaired) electrons. The zero-order valence-corrected chi connectivity index (χ0v) is 9.60. The molecule has 0 aliphatic rings. The van der Waals surface area contributed by atoms with Gasteiger partial charge in [0, 0.05) is 18.4 Å². The van der Waals surface area contributed by atoms with E-state index in [0.717, 1.165) is 25.0 Å². The summed E-state index contributed by atoms with van der Waals surface area (Å²) in [4.78, 5) is 18.6. The second kappa shape index (κ2) is 7.21. The molecule has 0 unspecified atom stereocenters. The molecule has 0 aromatic carbocycles. The van der Waals surface area contributed by atoms with Crippen molar-refractivity contribution in [2.75, 3.05) is 6.54 Å². The number of guanidine groups is 1. The van der Waals surface area contributed by atoms with Crippen molar-refractivity contribution in [3.8, 4) is 0 Å². The summed E-state index contributed by atoms with van der Waals surface area (Å²) >= 11 is 0. The number of unbranched alkanes of at least 4 members (excludes halogenated alkanes) is 1. The Labute approximate surface area is 100 Å². The first kappa shape index (κ1) is 13.0. The molecule has 1 aromatic rings. The van der Waals surface area contributed by atoms with Crippen molar-refractivity contribution in [1.29, 1.82) is 0 Å². The summed E-state index contributed by atoms with van der Waals surface area (Å²) in [5.41, 5.74) is 11.2. The normalized spacial score (nSPS) is 9.65. The highest BCUT2D eigenvalue weighted by molar-refractivity contribution is 5.90. The predicted octanol–water partition coefficient (Wildman–Crippen LogP) is 0.387. The Bertz CT molecular complexity index is 373. The van der Waals surface area contributed by atoms with E-state index in [2.05, 4.69) is 15.3 Å². The number of carbonyl (C=O) groups is 1. The lowest BCUT2D eigenvalue weighted by Gasteiger charge is -2.02. The van der Waals surface area contributed by atoms with Crippen LogP contribution in [0, 0.1) is 0 Å². The molecule has 0 fully saturated rings. The maximum absolute atomic E-state index is 11.0. The molecule has 92 valence electrons. The van der Waals surface area contributed by atoms with E-state index in [9.17, 15) is 4.79 Å². The molecule has 1 aromatic heterocycles. The number of pyridine rings is 1. The van der Waals surface area contributed by atoms with Crippen molar-refractivity contribution < 1.29 is 4.79 Å². The molecule has 0 saturated carbocycles. The van der Waals surface area contributed by atoms with Gasteiger partial charge in [0.25, 0.3) is 0 Å². The SMILES string of the molecule is NC(N)=NC(=O)NCCCCc1ccccn1. The Hall–Kier alpha value is -2.11. The molecule has 1 rings (SSSR count). The first-order valence-electron chi connectivity index (χ1n) is 5.46. The molecule has 5 N–H and O–H groups in total. The maximum atomic E-state index is 11.0. The Morgan fingerprint density at radius 1 is 1.35 bits per heavy atom. The van der Waals surface area contributed by atoms with Crippen LogP contribution in [0.2, 0.25) is 0 Å². The third kappa shape index (κ3) is 6.14. The second-order valence-corrected chi connectivity index (χ2v) is 3.55. The molecule has 0 aliphatic heterocycles. The molecule has 17 heavy (non-hydrogen) atoms. The van der Waals surface area contributed by atoms with E-state index in [0.29, 0.717) is 6.54 Å². The Morgan fingerprint density at radius 2 is 2.18 bits per heavy atom. The van der Waals surface area contributed by atoms with E-state index in [4.69, 9.17) is 11.5 Å². The molecule has 0 atom stereocenters. The zero-order valence-electron chi connectivity index (χ0n) is 9.60. The number of aromatic nitrogens is 1. The molecule has 6 heteroatoms. The van der Waals surface area contributed by atoms with Crippen LogP contribution in [0.1, 0.15) is 18.5 Å². The number of carbonyl (C=O) groups excluding carboxylic acids is 1. The largest absolute Gasteiger partial charge is 0.370 e. The molecule has 6 nitrogen and oxygen atoms in total. The van der Waals surface area contributed by atoms with Crippen LogP contribution >= 0.6 is 0 Å². The molecule has 0 spiro atoms. The second-order valence-electron chi connectivity index (χ2n) is 3.55. The van der Waals surface area contributed by atoms with Crippen LogP contribution in [0.25, 0.3) is 0 Å². The van der Waals surface area contributed by atoms with Gasteiger partial charge in [0.2, 0.25) is 0 Å². The number of rotatable bonds is 5. The average Bonchev–Trinajstić information content (AvgIpc) is 2.29. The number of nitrogens with zero attached hydrogens (tertiary/aromatic N) is 2. The van der Waals surface area contributed by atoms with Gasteiger partial charge in [-0.2, -0.15) is 4.99 Å². The maximum Gasteiger partial charge on any atom is 0.344 e. The smallest absolute Gasteiger partial charge is 0.344 e. The van der Waals surface area contributed by atoms with Gasteiger partial charge in [0.05, 0.1) is 0 Å². The van der Waals surface area contributed by atoms with Crippen LogP contribution in [0.3, 0.4) is 0 Å². The van der Waals surface area contributed by atoms with Gasteiger partial charge < -0.3 is 16.8 Å². The third-order valence-corrected chi connectivity index (χ3v) is 2.09. The minimum Gasteiger partial charge on any atom is -0.370 e. The van der Waals surface area contributed by atoms with Crippen molar-refractivity contribution in [2.45, 2.75) is 19.3 Å². The van der Waals surface area contributed by atoms with Crippen LogP contribution in [0.4, 0.5) is 4.79 Å². The van der Waals surface area contributed by atoms with Crippen LogP contribution in [-0.2, 0) is 6.42 Å². The van der Waals surface area contributed by atoms with Crippen LogP contribution in [0.5, 0.6) is 0 Å². The highest BCUT2D eigenvalue weighted by Gasteiger charge is 1.98. The summed E-state index contributed by atoms with van der Waals surface area (Å²) in [6.45, 7) is 0.558. The lowest BCUT2D eigenvalue weighted by molar-refractivity contribution is 0.249. The topological polar surface area (TPSA) is 106 Å². The molecule has 2 amide bonds. The lowest BCUT2D eigenvalue weighted by Crippen LogP contribution is -2.29. The number of urea groups is 1. The fraction of sp³-hybridized carbons (Fsp3) is 0.364. The summed E-state index contributed by atoms with van der Waals surface area (Å²) in [5.74, 6) is -0.226. The lowest BCUT2D eigenvalue weighted by atomic mass is 10.2. The monoisotopic (exact) mass is 235 g/mol. The minimum absolute atomic E-state index is 0.226. The molecular weight excluding hydrogens is 218 g/mol. The van der Waals surface area contributed by atoms with Gasteiger partial charge in [-0.05, 0) is 31.4 Å². The van der Waals surface area contributed by atoms with Gasteiger partial charge >= 0.3 is 6.03 Å². The van der Waals surface area contributed by atoms with E-state index in [-0.39, 0.29) is 5.96 Å². The van der Waals surface area contributed by atoms with E-state index < -0.39 is 6.03 Å². The standard InChI is InChI=1S/C11H17N5O/c12-10(13)16-11(17)15-8-4-2-6-9-5-1-3-7-14-9/h1,3,5,7H,2,4,6,8H2,(H5,12,13,15,16,17). The van der Waals surface area contributed by atoms with Crippen LogP contribution < -0.4 is 16.8 Å². The molecule has 1 heterocycles. The predicted molar refractivity (Wildman–Crippen MR) is 66.4 cm³/mol. The number of hydrogen-bond donors (Lipinski definition) is 3. The number of nitrogens with two attached hydrogens (primary N) is 2. The van der Waals surface area contributed by atoms with Gasteiger partial charge in [0.15, 0.2) is 5.96 Å². The van der Waals surface area contributed by atoms with Crippen molar-refractivity contribution >= 4 is 12.0 Å². The van der Waals surface area contributed by atoms with Crippen molar-refractivity contribution in [2.24, 2.45) is 16.5 Å². The van der Waals surface area contributed by atoms with Crippen LogP contribution in [0.15, 0.2) is 29.4 Å². The number of aryl methyl sites for hydroxylation is 1. The van der Waals surface area contributed by atoms with Gasteiger partial charge in [-0.3, -0.25) is 4.98 Å². The molecule has 0 bridgehead atoms. The summed E-state index contributed by atoms with van der Waals surface area (Å²) < 4.78 is 0. The quantitative estimate of drug-likeness (QED) is 0.390. The number of amides is 2. The van der Waals surface area contributed by atoms with Gasteiger partial charge in [-0.25, -0.2) is 4.79 Å². The molecule has 0 saturated heterocycles. The van der Waals surface area contributed by atoms with E-state index in [1.807, 2.05) is 18.2 Å². The minimum atomic E-state index is -0.497. The fourth-order valence-electron chi connectivity index (χ4n) is 1.33. The highest BCUT2D eigenvalue weighted by atomic mass is 16.2. The third-order valence-electron chi connectivity index (χ3n) is 2.09. The number of nitrogens with one attached hydrogen (secondary N) is 1. The summed E-state index contributed by atoms with van der Waals surface area (Å²) in [7, 11) is 0. The summed E-state index contributed by atoms with van der Waals surface area (Å²) in [5, 5.41) is 2.59. The average molecular weight is 235 g/mol. The molecular formula is C11H17N5O. The zero-order chi connectivity index (χ0) is 12.5. The highest BCUT2D eigenvalue weighted by Crippen LogP contribution is 2.00. The number of hydrogen-bond acceptors (Lipinski definition) is 2. The van der Waals surface area contributed by atoms with Crippen molar-refractivity contribution in [3.63, 3.8) is 0 Å². The van der Waals surface area contributed by atoms with Crippen LogP contribution in [-0.4, -0.2) is 23.5 Å².